The van der Waals surface area contributed by atoms with E-state index in [9.17, 15) is 0 Å². The molecule has 0 spiro atoms. The lowest BCUT2D eigenvalue weighted by Gasteiger charge is -2.46. The number of nitrogens with one attached hydrogen (secondary N) is 1. The second-order valence-electron chi connectivity index (χ2n) is 6.01. The number of para-hydroxylation sites is 1. The van der Waals surface area contributed by atoms with E-state index in [1.165, 1.54) is 22.9 Å². The Labute approximate surface area is 113 Å². The highest BCUT2D eigenvalue weighted by Crippen LogP contribution is 2.45. The van der Waals surface area contributed by atoms with E-state index in [1.54, 1.807) is 0 Å². The first kappa shape index (κ1) is 11.5. The molecule has 0 bridgehead atoms. The highest BCUT2D eigenvalue weighted by molar-refractivity contribution is 5.85. The smallest absolute Gasteiger partial charge is 0.0589 e. The summed E-state index contributed by atoms with van der Waals surface area (Å²) < 4.78 is 7.88. The van der Waals surface area contributed by atoms with Crippen molar-refractivity contribution >= 4 is 10.9 Å². The minimum absolute atomic E-state index is 0.240. The van der Waals surface area contributed by atoms with E-state index >= 15 is 0 Å². The molecule has 1 aromatic carbocycles. The van der Waals surface area contributed by atoms with Gasteiger partial charge >= 0.3 is 0 Å². The van der Waals surface area contributed by atoms with Gasteiger partial charge < -0.3 is 14.6 Å². The Morgan fingerprint density at radius 2 is 2.16 bits per heavy atom. The third kappa shape index (κ3) is 1.52. The average molecular weight is 256 g/mol. The number of aryl methyl sites for hydroxylation is 1. The van der Waals surface area contributed by atoms with Crippen LogP contribution >= 0.6 is 0 Å². The van der Waals surface area contributed by atoms with E-state index in [4.69, 9.17) is 4.74 Å². The van der Waals surface area contributed by atoms with Crippen molar-refractivity contribution in [3.8, 4) is 0 Å². The first-order valence-corrected chi connectivity index (χ1v) is 7.14. The average Bonchev–Trinajstić information content (AvgIpc) is 2.99. The fourth-order valence-corrected chi connectivity index (χ4v) is 3.80. The van der Waals surface area contributed by atoms with E-state index in [1.807, 2.05) is 0 Å². The monoisotopic (exact) mass is 256 g/mol. The van der Waals surface area contributed by atoms with Gasteiger partial charge in [-0.1, -0.05) is 18.2 Å². The second kappa shape index (κ2) is 4.09. The lowest BCUT2D eigenvalue weighted by atomic mass is 9.68. The highest BCUT2D eigenvalue weighted by Gasteiger charge is 2.49. The van der Waals surface area contributed by atoms with Gasteiger partial charge in [0.15, 0.2) is 0 Å². The van der Waals surface area contributed by atoms with Crippen LogP contribution in [-0.4, -0.2) is 30.9 Å². The molecular formula is C16H20N2O. The van der Waals surface area contributed by atoms with Gasteiger partial charge in [-0.3, -0.25) is 0 Å². The maximum Gasteiger partial charge on any atom is 0.0589 e. The zero-order valence-corrected chi connectivity index (χ0v) is 11.4. The van der Waals surface area contributed by atoms with Gasteiger partial charge in [-0.15, -0.1) is 0 Å². The molecule has 1 N–H and O–H groups in total. The van der Waals surface area contributed by atoms with Crippen LogP contribution in [0.3, 0.4) is 0 Å². The number of hydrogen-bond acceptors (Lipinski definition) is 2. The lowest BCUT2D eigenvalue weighted by Crippen LogP contribution is -2.53. The maximum absolute atomic E-state index is 5.63. The molecule has 0 aliphatic carbocycles. The number of nitrogens with zero attached hydrogens (tertiary/aromatic N) is 1. The van der Waals surface area contributed by atoms with Crippen molar-refractivity contribution in [2.24, 2.45) is 13.0 Å². The van der Waals surface area contributed by atoms with Gasteiger partial charge in [-0.25, -0.2) is 0 Å². The molecule has 3 heteroatoms. The standard InChI is InChI=1S/C16H20N2O/c1-18-9-14(13-4-2-3-5-15(13)18)16(10-19-11-16)12-6-7-17-8-12/h2-5,9,12,17H,6-8,10-11H2,1H3. The summed E-state index contributed by atoms with van der Waals surface area (Å²) in [6.07, 6.45) is 3.60. The van der Waals surface area contributed by atoms with Crippen LogP contribution in [0, 0.1) is 5.92 Å². The molecule has 1 aromatic heterocycles. The molecule has 0 amide bonds. The molecule has 2 fully saturated rings. The molecule has 2 saturated heterocycles. The summed E-state index contributed by atoms with van der Waals surface area (Å²) in [5.41, 5.74) is 3.06. The van der Waals surface area contributed by atoms with Crippen molar-refractivity contribution in [3.05, 3.63) is 36.0 Å². The number of benzene rings is 1. The molecular weight excluding hydrogens is 236 g/mol. The number of fused-ring (bicyclic) bond motifs is 1. The number of hydrogen-bond donors (Lipinski definition) is 1. The Bertz CT molecular complexity index is 606. The normalized spacial score (nSPS) is 25.6. The van der Waals surface area contributed by atoms with Gasteiger partial charge in [0.25, 0.3) is 0 Å². The van der Waals surface area contributed by atoms with E-state index in [2.05, 4.69) is 47.4 Å². The molecule has 3 nitrogen and oxygen atoms in total. The molecule has 2 aliphatic heterocycles. The molecule has 2 aromatic rings. The van der Waals surface area contributed by atoms with Crippen molar-refractivity contribution in [2.75, 3.05) is 26.3 Å². The Kier molecular flexibility index (Phi) is 2.47. The summed E-state index contributed by atoms with van der Waals surface area (Å²) in [6.45, 7) is 4.05. The Morgan fingerprint density at radius 1 is 1.32 bits per heavy atom. The molecule has 19 heavy (non-hydrogen) atoms. The molecule has 0 radical (unpaired) electrons. The fourth-order valence-electron chi connectivity index (χ4n) is 3.80. The van der Waals surface area contributed by atoms with E-state index < -0.39 is 0 Å². The summed E-state index contributed by atoms with van der Waals surface area (Å²) in [4.78, 5) is 0. The summed E-state index contributed by atoms with van der Waals surface area (Å²) in [6, 6.07) is 8.73. The summed E-state index contributed by atoms with van der Waals surface area (Å²) in [7, 11) is 2.14. The minimum atomic E-state index is 0.240. The Morgan fingerprint density at radius 3 is 2.84 bits per heavy atom. The van der Waals surface area contributed by atoms with Crippen LogP contribution in [-0.2, 0) is 17.2 Å². The first-order valence-electron chi connectivity index (χ1n) is 7.14. The second-order valence-corrected chi connectivity index (χ2v) is 6.01. The molecule has 0 saturated carbocycles. The number of aromatic nitrogens is 1. The Hall–Kier alpha value is -1.32. The molecule has 2 aliphatic rings. The van der Waals surface area contributed by atoms with Crippen LogP contribution in [0.4, 0.5) is 0 Å². The van der Waals surface area contributed by atoms with Crippen molar-refractivity contribution in [1.82, 2.24) is 9.88 Å². The molecule has 1 atom stereocenters. The Balaban J connectivity index is 1.88. The zero-order valence-electron chi connectivity index (χ0n) is 11.4. The SMILES string of the molecule is Cn1cc(C2(C3CCNC3)COC2)c2ccccc21. The van der Waals surface area contributed by atoms with Crippen LogP contribution in [0.2, 0.25) is 0 Å². The molecule has 4 rings (SSSR count). The van der Waals surface area contributed by atoms with Gasteiger partial charge in [-0.2, -0.15) is 0 Å². The van der Waals surface area contributed by atoms with Crippen molar-refractivity contribution in [2.45, 2.75) is 11.8 Å². The van der Waals surface area contributed by atoms with Crippen LogP contribution in [0.5, 0.6) is 0 Å². The topological polar surface area (TPSA) is 26.2 Å². The quantitative estimate of drug-likeness (QED) is 0.890. The van der Waals surface area contributed by atoms with Crippen molar-refractivity contribution < 1.29 is 4.74 Å². The van der Waals surface area contributed by atoms with E-state index in [0.717, 1.165) is 26.3 Å². The van der Waals surface area contributed by atoms with Gasteiger partial charge in [0.2, 0.25) is 0 Å². The molecule has 3 heterocycles. The summed E-state index contributed by atoms with van der Waals surface area (Å²) in [5, 5.41) is 4.91. The van der Waals surface area contributed by atoms with Crippen LogP contribution in [0.25, 0.3) is 10.9 Å². The number of rotatable bonds is 2. The predicted molar refractivity (Wildman–Crippen MR) is 76.4 cm³/mol. The highest BCUT2D eigenvalue weighted by atomic mass is 16.5. The third-order valence-corrected chi connectivity index (χ3v) is 4.99. The first-order chi connectivity index (χ1) is 9.31. The van der Waals surface area contributed by atoms with Crippen LogP contribution in [0.15, 0.2) is 30.5 Å². The fraction of sp³-hybridized carbons (Fsp3) is 0.500. The van der Waals surface area contributed by atoms with Crippen LogP contribution in [0.1, 0.15) is 12.0 Å². The van der Waals surface area contributed by atoms with Gasteiger partial charge in [-0.05, 0) is 37.1 Å². The van der Waals surface area contributed by atoms with Crippen LogP contribution < -0.4 is 5.32 Å². The van der Waals surface area contributed by atoms with Gasteiger partial charge in [0.1, 0.15) is 0 Å². The summed E-state index contributed by atoms with van der Waals surface area (Å²) >= 11 is 0. The minimum Gasteiger partial charge on any atom is -0.379 e. The van der Waals surface area contributed by atoms with Gasteiger partial charge in [0, 0.05) is 29.6 Å². The van der Waals surface area contributed by atoms with Crippen molar-refractivity contribution in [3.63, 3.8) is 0 Å². The zero-order chi connectivity index (χ0) is 12.9. The maximum atomic E-state index is 5.63. The van der Waals surface area contributed by atoms with Gasteiger partial charge in [0.05, 0.1) is 13.2 Å². The predicted octanol–water partition coefficient (Wildman–Crippen LogP) is 2.06. The third-order valence-electron chi connectivity index (χ3n) is 4.99. The van der Waals surface area contributed by atoms with E-state index in [-0.39, 0.29) is 5.41 Å². The molecule has 1 unspecified atom stereocenters. The number of ether oxygens (including phenoxy) is 1. The summed E-state index contributed by atoms with van der Waals surface area (Å²) in [5.74, 6) is 0.715. The lowest BCUT2D eigenvalue weighted by molar-refractivity contribution is -0.0862. The van der Waals surface area contributed by atoms with Crippen molar-refractivity contribution in [1.29, 1.82) is 0 Å². The largest absolute Gasteiger partial charge is 0.379 e. The molecule has 100 valence electrons. The van der Waals surface area contributed by atoms with E-state index in [0.29, 0.717) is 5.92 Å².